The molecule has 0 aliphatic carbocycles. The zero-order chi connectivity index (χ0) is 38.2. The van der Waals surface area contributed by atoms with Gasteiger partial charge in [0.15, 0.2) is 5.58 Å². The third kappa shape index (κ3) is 5.02. The molecule has 4 nitrogen and oxygen atoms in total. The molecule has 0 N–H and O–H groups in total. The predicted molar refractivity (Wildman–Crippen MR) is 241 cm³/mol. The maximum absolute atomic E-state index is 6.63. The number of aromatic nitrogens is 1. The van der Waals surface area contributed by atoms with Gasteiger partial charge < -0.3 is 18.3 Å². The van der Waals surface area contributed by atoms with E-state index in [0.717, 1.165) is 88.9 Å². The fraction of sp³-hybridized carbons (Fsp3) is 0. The lowest BCUT2D eigenvalue weighted by Crippen LogP contribution is -2.10. The van der Waals surface area contributed by atoms with E-state index >= 15 is 0 Å². The second kappa shape index (κ2) is 12.9. The number of anilines is 3. The van der Waals surface area contributed by atoms with Gasteiger partial charge in [-0.2, -0.15) is 0 Å². The Morgan fingerprint density at radius 2 is 0.948 bits per heavy atom. The molecule has 4 heteroatoms. The van der Waals surface area contributed by atoms with Crippen molar-refractivity contribution in [1.82, 2.24) is 4.57 Å². The van der Waals surface area contributed by atoms with Crippen LogP contribution in [0.2, 0.25) is 0 Å². The van der Waals surface area contributed by atoms with Gasteiger partial charge in [0.05, 0.1) is 16.7 Å². The molecule has 272 valence electrons. The molecular formula is C54H34N2O2. The quantitative estimate of drug-likeness (QED) is 0.170. The highest BCUT2D eigenvalue weighted by atomic mass is 16.3. The number of fused-ring (bicyclic) bond motifs is 9. The lowest BCUT2D eigenvalue weighted by molar-refractivity contribution is 0.668. The summed E-state index contributed by atoms with van der Waals surface area (Å²) in [5, 5.41) is 6.94. The van der Waals surface area contributed by atoms with Crippen LogP contribution in [0.15, 0.2) is 215 Å². The van der Waals surface area contributed by atoms with Gasteiger partial charge >= 0.3 is 0 Å². The first kappa shape index (κ1) is 32.4. The number of benzene rings is 9. The summed E-state index contributed by atoms with van der Waals surface area (Å²) in [6.07, 6.45) is 0. The maximum Gasteiger partial charge on any atom is 0.159 e. The van der Waals surface area contributed by atoms with E-state index in [1.165, 1.54) is 21.8 Å². The first-order chi connectivity index (χ1) is 28.8. The molecule has 0 spiro atoms. The molecule has 0 radical (unpaired) electrons. The van der Waals surface area contributed by atoms with Crippen LogP contribution in [0.5, 0.6) is 0 Å². The van der Waals surface area contributed by atoms with Gasteiger partial charge in [0.25, 0.3) is 0 Å². The summed E-state index contributed by atoms with van der Waals surface area (Å²) in [6, 6.07) is 73.2. The monoisotopic (exact) mass is 742 g/mol. The molecule has 0 fully saturated rings. The van der Waals surface area contributed by atoms with Crippen LogP contribution in [0.4, 0.5) is 17.1 Å². The van der Waals surface area contributed by atoms with Crippen molar-refractivity contribution in [3.05, 3.63) is 206 Å². The Bertz CT molecular complexity index is 3500. The van der Waals surface area contributed by atoms with Gasteiger partial charge in [0.1, 0.15) is 16.7 Å². The molecular weight excluding hydrogens is 709 g/mol. The van der Waals surface area contributed by atoms with E-state index in [0.29, 0.717) is 0 Å². The highest BCUT2D eigenvalue weighted by molar-refractivity contribution is 6.13. The van der Waals surface area contributed by atoms with Gasteiger partial charge in [-0.3, -0.25) is 0 Å². The van der Waals surface area contributed by atoms with Crippen molar-refractivity contribution in [2.75, 3.05) is 4.90 Å². The summed E-state index contributed by atoms with van der Waals surface area (Å²) >= 11 is 0. The van der Waals surface area contributed by atoms with Crippen LogP contribution in [-0.4, -0.2) is 4.57 Å². The highest BCUT2D eigenvalue weighted by Gasteiger charge is 2.21. The molecule has 3 aromatic heterocycles. The Balaban J connectivity index is 0.992. The van der Waals surface area contributed by atoms with Crippen LogP contribution in [0.3, 0.4) is 0 Å². The van der Waals surface area contributed by atoms with E-state index in [9.17, 15) is 0 Å². The number of nitrogens with zero attached hydrogens (tertiary/aromatic N) is 2. The van der Waals surface area contributed by atoms with Crippen molar-refractivity contribution >= 4 is 82.7 Å². The van der Waals surface area contributed by atoms with Gasteiger partial charge in [-0.05, 0) is 95.1 Å². The average Bonchev–Trinajstić information content (AvgIpc) is 3.97. The highest BCUT2D eigenvalue weighted by Crippen LogP contribution is 2.44. The zero-order valence-corrected chi connectivity index (χ0v) is 31.3. The number of rotatable bonds is 6. The van der Waals surface area contributed by atoms with E-state index < -0.39 is 0 Å². The number of para-hydroxylation sites is 5. The number of hydrogen-bond donors (Lipinski definition) is 0. The number of hydrogen-bond acceptors (Lipinski definition) is 3. The molecule has 12 aromatic rings. The molecule has 0 saturated carbocycles. The van der Waals surface area contributed by atoms with E-state index in [1.54, 1.807) is 0 Å². The summed E-state index contributed by atoms with van der Waals surface area (Å²) in [5.41, 5.74) is 14.7. The molecule has 58 heavy (non-hydrogen) atoms. The van der Waals surface area contributed by atoms with Crippen LogP contribution in [0, 0.1) is 0 Å². The molecule has 0 aliphatic rings. The van der Waals surface area contributed by atoms with Crippen LogP contribution in [0.1, 0.15) is 0 Å². The summed E-state index contributed by atoms with van der Waals surface area (Å²) in [4.78, 5) is 2.31. The van der Waals surface area contributed by atoms with Crippen LogP contribution >= 0.6 is 0 Å². The minimum Gasteiger partial charge on any atom is -0.456 e. The Morgan fingerprint density at radius 3 is 1.74 bits per heavy atom. The van der Waals surface area contributed by atoms with Gasteiger partial charge in [-0.15, -0.1) is 0 Å². The molecule has 0 aliphatic heterocycles. The molecule has 9 aromatic carbocycles. The fourth-order valence-electron chi connectivity index (χ4n) is 8.95. The summed E-state index contributed by atoms with van der Waals surface area (Å²) in [6.45, 7) is 0. The zero-order valence-electron chi connectivity index (χ0n) is 31.3. The predicted octanol–water partition coefficient (Wildman–Crippen LogP) is 15.4. The summed E-state index contributed by atoms with van der Waals surface area (Å²) in [5.74, 6) is 0. The molecule has 0 unspecified atom stereocenters. The normalized spacial score (nSPS) is 11.8. The minimum atomic E-state index is 0.852. The average molecular weight is 743 g/mol. The molecule has 3 heterocycles. The lowest BCUT2D eigenvalue weighted by Gasteiger charge is -2.26. The molecule has 0 amide bonds. The van der Waals surface area contributed by atoms with E-state index in [4.69, 9.17) is 8.83 Å². The summed E-state index contributed by atoms with van der Waals surface area (Å²) in [7, 11) is 0. The third-order valence-electron chi connectivity index (χ3n) is 11.6. The molecule has 12 rings (SSSR count). The third-order valence-corrected chi connectivity index (χ3v) is 11.6. The van der Waals surface area contributed by atoms with Crippen LogP contribution in [0.25, 0.3) is 93.6 Å². The second-order valence-corrected chi connectivity index (χ2v) is 14.9. The van der Waals surface area contributed by atoms with Crippen molar-refractivity contribution in [2.45, 2.75) is 0 Å². The van der Waals surface area contributed by atoms with Crippen molar-refractivity contribution in [3.63, 3.8) is 0 Å². The van der Waals surface area contributed by atoms with E-state index in [2.05, 4.69) is 185 Å². The largest absolute Gasteiger partial charge is 0.456 e. The fourth-order valence-corrected chi connectivity index (χ4v) is 8.95. The summed E-state index contributed by atoms with van der Waals surface area (Å²) < 4.78 is 15.2. The first-order valence-corrected chi connectivity index (χ1v) is 19.7. The first-order valence-electron chi connectivity index (χ1n) is 19.7. The minimum absolute atomic E-state index is 0.852. The smallest absolute Gasteiger partial charge is 0.159 e. The van der Waals surface area contributed by atoms with Gasteiger partial charge in [0.2, 0.25) is 0 Å². The lowest BCUT2D eigenvalue weighted by atomic mass is 9.99. The van der Waals surface area contributed by atoms with Crippen molar-refractivity contribution in [2.24, 2.45) is 0 Å². The Labute approximate surface area is 334 Å². The SMILES string of the molecule is c1ccc(-n2c3ccccc3c3ccc(-c4ccc(N(c5ccc(-c6cccc7oc8ccccc8c67)cc5)c5cccc6c5oc5ccccc56)cc4)cc32)cc1. The Kier molecular flexibility index (Phi) is 7.20. The van der Waals surface area contributed by atoms with Crippen LogP contribution < -0.4 is 4.90 Å². The Hall–Kier alpha value is -7.82. The van der Waals surface area contributed by atoms with Gasteiger partial charge in [0, 0.05) is 49.4 Å². The maximum atomic E-state index is 6.63. The molecule has 0 bridgehead atoms. The second-order valence-electron chi connectivity index (χ2n) is 14.9. The van der Waals surface area contributed by atoms with Crippen LogP contribution in [-0.2, 0) is 0 Å². The number of furan rings is 2. The molecule has 0 saturated heterocycles. The molecule has 0 atom stereocenters. The Morgan fingerprint density at radius 1 is 0.362 bits per heavy atom. The topological polar surface area (TPSA) is 34.5 Å². The van der Waals surface area contributed by atoms with Crippen molar-refractivity contribution < 1.29 is 8.83 Å². The standard InChI is InChI=1S/C54H34N2O2/c1-2-12-38(13-3-1)56-47-19-7-4-14-42(47)43-33-28-37(34-49(43)56)35-24-29-39(30-25-35)55(48-20-10-18-45-44-15-5-8-21-50(44)58-54(45)48)40-31-26-36(27-32-40)41-17-11-23-52-53(41)46-16-6-9-22-51(46)57-52/h1-34H. The van der Waals surface area contributed by atoms with E-state index in [-0.39, 0.29) is 0 Å². The van der Waals surface area contributed by atoms with Crippen molar-refractivity contribution in [3.8, 4) is 27.9 Å². The van der Waals surface area contributed by atoms with E-state index in [1.807, 2.05) is 30.3 Å². The van der Waals surface area contributed by atoms with Gasteiger partial charge in [-0.1, -0.05) is 133 Å². The van der Waals surface area contributed by atoms with Gasteiger partial charge in [-0.25, -0.2) is 0 Å². The van der Waals surface area contributed by atoms with Crippen molar-refractivity contribution in [1.29, 1.82) is 0 Å².